The van der Waals surface area contributed by atoms with Crippen molar-refractivity contribution in [3.05, 3.63) is 58.1 Å². The van der Waals surface area contributed by atoms with E-state index in [9.17, 15) is 10.1 Å². The number of hydrogen-bond acceptors (Lipinski definition) is 4. The lowest BCUT2D eigenvalue weighted by Gasteiger charge is -2.10. The molecule has 0 aliphatic heterocycles. The van der Waals surface area contributed by atoms with Gasteiger partial charge in [0.25, 0.3) is 5.69 Å². The van der Waals surface area contributed by atoms with Gasteiger partial charge in [-0.1, -0.05) is 18.2 Å². The van der Waals surface area contributed by atoms with Crippen LogP contribution in [0.1, 0.15) is 12.5 Å². The molecule has 104 valence electrons. The van der Waals surface area contributed by atoms with Crippen molar-refractivity contribution in [3.8, 4) is 11.5 Å². The number of aryl methyl sites for hydroxylation is 1. The van der Waals surface area contributed by atoms with E-state index in [4.69, 9.17) is 4.74 Å². The highest BCUT2D eigenvalue weighted by Crippen LogP contribution is 2.30. The summed E-state index contributed by atoms with van der Waals surface area (Å²) in [5, 5.41) is 14.0. The van der Waals surface area contributed by atoms with Gasteiger partial charge in [0.1, 0.15) is 11.5 Å². The first kappa shape index (κ1) is 13.9. The number of benzene rings is 2. The molecule has 0 atom stereocenters. The second kappa shape index (κ2) is 6.06. The van der Waals surface area contributed by atoms with Crippen LogP contribution in [0.3, 0.4) is 0 Å². The Kier molecular flexibility index (Phi) is 4.20. The molecule has 0 fully saturated rings. The highest BCUT2D eigenvalue weighted by Gasteiger charge is 2.11. The average molecular weight is 272 g/mol. The van der Waals surface area contributed by atoms with Gasteiger partial charge >= 0.3 is 0 Å². The minimum atomic E-state index is -0.425. The first-order chi connectivity index (χ1) is 9.60. The van der Waals surface area contributed by atoms with Gasteiger partial charge in [-0.3, -0.25) is 10.1 Å². The largest absolute Gasteiger partial charge is 0.457 e. The quantitative estimate of drug-likeness (QED) is 0.656. The van der Waals surface area contributed by atoms with E-state index in [0.717, 1.165) is 5.56 Å². The number of nitro benzene ring substituents is 1. The van der Waals surface area contributed by atoms with Crippen molar-refractivity contribution in [2.45, 2.75) is 13.8 Å². The van der Waals surface area contributed by atoms with Crippen molar-refractivity contribution in [2.75, 3.05) is 11.9 Å². The molecule has 2 aromatic carbocycles. The maximum Gasteiger partial charge on any atom is 0.275 e. The molecule has 0 spiro atoms. The maximum absolute atomic E-state index is 11.0. The van der Waals surface area contributed by atoms with E-state index in [-0.39, 0.29) is 5.69 Å². The van der Waals surface area contributed by atoms with Gasteiger partial charge in [-0.25, -0.2) is 0 Å². The van der Waals surface area contributed by atoms with Crippen LogP contribution in [-0.2, 0) is 0 Å². The normalized spacial score (nSPS) is 10.1. The van der Waals surface area contributed by atoms with Crippen LogP contribution >= 0.6 is 0 Å². The Morgan fingerprint density at radius 2 is 2.00 bits per heavy atom. The second-order valence-corrected chi connectivity index (χ2v) is 4.37. The summed E-state index contributed by atoms with van der Waals surface area (Å²) in [5.41, 5.74) is 1.65. The molecule has 0 bridgehead atoms. The minimum Gasteiger partial charge on any atom is -0.457 e. The highest BCUT2D eigenvalue weighted by molar-refractivity contribution is 5.57. The Bertz CT molecular complexity index is 626. The number of nitro groups is 1. The van der Waals surface area contributed by atoms with Crippen LogP contribution in [0.5, 0.6) is 11.5 Å². The van der Waals surface area contributed by atoms with Crippen molar-refractivity contribution < 1.29 is 9.66 Å². The summed E-state index contributed by atoms with van der Waals surface area (Å²) in [7, 11) is 0. The van der Waals surface area contributed by atoms with Crippen LogP contribution < -0.4 is 10.1 Å². The average Bonchev–Trinajstić information content (AvgIpc) is 2.41. The summed E-state index contributed by atoms with van der Waals surface area (Å²) in [6, 6.07) is 12.2. The molecule has 1 N–H and O–H groups in total. The number of hydrogen-bond donors (Lipinski definition) is 1. The van der Waals surface area contributed by atoms with Crippen LogP contribution in [0, 0.1) is 17.0 Å². The van der Waals surface area contributed by atoms with Crippen molar-refractivity contribution in [3.63, 3.8) is 0 Å². The fraction of sp³-hybridized carbons (Fsp3) is 0.200. The lowest BCUT2D eigenvalue weighted by atomic mass is 10.2. The number of para-hydroxylation sites is 1. The van der Waals surface area contributed by atoms with Gasteiger partial charge in [0.05, 0.1) is 11.0 Å². The number of anilines is 1. The third-order valence-electron chi connectivity index (χ3n) is 2.80. The van der Waals surface area contributed by atoms with Gasteiger partial charge in [-0.05, 0) is 25.5 Å². The zero-order valence-corrected chi connectivity index (χ0v) is 11.4. The number of nitrogens with one attached hydrogen (secondary N) is 1. The Balaban J connectivity index is 2.35. The van der Waals surface area contributed by atoms with Crippen molar-refractivity contribution in [2.24, 2.45) is 0 Å². The van der Waals surface area contributed by atoms with Crippen LogP contribution in [-0.4, -0.2) is 11.5 Å². The first-order valence-electron chi connectivity index (χ1n) is 6.37. The number of nitrogens with zero attached hydrogens (tertiary/aromatic N) is 1. The molecule has 0 saturated heterocycles. The van der Waals surface area contributed by atoms with E-state index in [2.05, 4.69) is 5.32 Å². The zero-order valence-electron chi connectivity index (χ0n) is 11.4. The Morgan fingerprint density at radius 3 is 2.65 bits per heavy atom. The smallest absolute Gasteiger partial charge is 0.275 e. The lowest BCUT2D eigenvalue weighted by Crippen LogP contribution is -1.99. The highest BCUT2D eigenvalue weighted by atomic mass is 16.6. The van der Waals surface area contributed by atoms with Gasteiger partial charge < -0.3 is 10.1 Å². The molecule has 0 saturated carbocycles. The molecule has 0 aliphatic carbocycles. The monoisotopic (exact) mass is 272 g/mol. The molecule has 0 heterocycles. The van der Waals surface area contributed by atoms with Gasteiger partial charge in [-0.15, -0.1) is 0 Å². The predicted octanol–water partition coefficient (Wildman–Crippen LogP) is 4.13. The van der Waals surface area contributed by atoms with Gasteiger partial charge in [0.15, 0.2) is 0 Å². The van der Waals surface area contributed by atoms with E-state index in [1.165, 1.54) is 12.1 Å². The predicted molar refractivity (Wildman–Crippen MR) is 78.5 cm³/mol. The SMILES string of the molecule is CCNc1cc(Oc2ccccc2C)cc([N+](=O)[O-])c1. The molecule has 2 aromatic rings. The fourth-order valence-electron chi connectivity index (χ4n) is 1.85. The molecule has 2 rings (SSSR count). The van der Waals surface area contributed by atoms with E-state index < -0.39 is 4.92 Å². The topological polar surface area (TPSA) is 64.4 Å². The van der Waals surface area contributed by atoms with E-state index in [1.54, 1.807) is 6.07 Å². The van der Waals surface area contributed by atoms with Crippen molar-refractivity contribution in [1.29, 1.82) is 0 Å². The summed E-state index contributed by atoms with van der Waals surface area (Å²) in [5.74, 6) is 1.14. The summed E-state index contributed by atoms with van der Waals surface area (Å²) in [6.45, 7) is 4.55. The first-order valence-corrected chi connectivity index (χ1v) is 6.37. The van der Waals surface area contributed by atoms with E-state index >= 15 is 0 Å². The fourth-order valence-corrected chi connectivity index (χ4v) is 1.85. The third-order valence-corrected chi connectivity index (χ3v) is 2.80. The molecule has 0 amide bonds. The molecule has 0 aromatic heterocycles. The Labute approximate surface area is 117 Å². The molecule has 20 heavy (non-hydrogen) atoms. The van der Waals surface area contributed by atoms with Crippen LogP contribution in [0.25, 0.3) is 0 Å². The van der Waals surface area contributed by atoms with Crippen LogP contribution in [0.15, 0.2) is 42.5 Å². The van der Waals surface area contributed by atoms with Crippen LogP contribution in [0.2, 0.25) is 0 Å². The second-order valence-electron chi connectivity index (χ2n) is 4.37. The molecular weight excluding hydrogens is 256 g/mol. The summed E-state index contributed by atoms with van der Waals surface area (Å²) >= 11 is 0. The molecule has 5 heteroatoms. The molecule has 0 unspecified atom stereocenters. The Hall–Kier alpha value is -2.56. The van der Waals surface area contributed by atoms with Gasteiger partial charge in [0.2, 0.25) is 0 Å². The van der Waals surface area contributed by atoms with Gasteiger partial charge in [0, 0.05) is 24.4 Å². The maximum atomic E-state index is 11.0. The number of ether oxygens (including phenoxy) is 1. The summed E-state index contributed by atoms with van der Waals surface area (Å²) in [4.78, 5) is 10.5. The standard InChI is InChI=1S/C15H16N2O3/c1-3-16-12-8-13(17(18)19)10-14(9-12)20-15-7-5-4-6-11(15)2/h4-10,16H,3H2,1-2H3. The molecule has 0 radical (unpaired) electrons. The number of non-ortho nitro benzene ring substituents is 1. The third kappa shape index (κ3) is 3.26. The lowest BCUT2D eigenvalue weighted by molar-refractivity contribution is -0.384. The zero-order chi connectivity index (χ0) is 14.5. The summed E-state index contributed by atoms with van der Waals surface area (Å²) < 4.78 is 5.74. The minimum absolute atomic E-state index is 0.00651. The van der Waals surface area contributed by atoms with Crippen molar-refractivity contribution in [1.82, 2.24) is 0 Å². The molecular formula is C15H16N2O3. The van der Waals surface area contributed by atoms with E-state index in [0.29, 0.717) is 23.7 Å². The molecule has 5 nitrogen and oxygen atoms in total. The van der Waals surface area contributed by atoms with E-state index in [1.807, 2.05) is 38.1 Å². The van der Waals surface area contributed by atoms with Crippen LogP contribution in [0.4, 0.5) is 11.4 Å². The van der Waals surface area contributed by atoms with Gasteiger partial charge in [-0.2, -0.15) is 0 Å². The summed E-state index contributed by atoms with van der Waals surface area (Å²) in [6.07, 6.45) is 0. The van der Waals surface area contributed by atoms with Crippen molar-refractivity contribution >= 4 is 11.4 Å². The molecule has 0 aliphatic rings. The Morgan fingerprint density at radius 1 is 1.25 bits per heavy atom. The number of rotatable bonds is 5.